The second kappa shape index (κ2) is 12.1. The van der Waals surface area contributed by atoms with Gasteiger partial charge in [-0.2, -0.15) is 0 Å². The Kier molecular flexibility index (Phi) is 8.84. The first-order valence-electron chi connectivity index (χ1n) is 10.4. The summed E-state index contributed by atoms with van der Waals surface area (Å²) in [4.78, 5) is 6.12. The van der Waals surface area contributed by atoms with Crippen LogP contribution in [0, 0.1) is 0 Å². The standard InChI is InChI=1S/C25H31N3O3/c1-28(17-21-6-4-3-5-7-21)18-23(29)19-31-25-14-22(8-9-24(25)30-2)16-27-15-20-10-12-26-13-11-20/h3-14,23,27,29H,15-19H2,1-2H3/t23-/m1/s1. The van der Waals surface area contributed by atoms with Crippen LogP contribution in [0.5, 0.6) is 11.5 Å². The Morgan fingerprint density at radius 1 is 0.935 bits per heavy atom. The van der Waals surface area contributed by atoms with E-state index in [0.717, 1.165) is 18.7 Å². The number of aromatic nitrogens is 1. The summed E-state index contributed by atoms with van der Waals surface area (Å²) in [5.41, 5.74) is 3.48. The maximum absolute atomic E-state index is 10.4. The van der Waals surface area contributed by atoms with Crippen LogP contribution in [0.1, 0.15) is 16.7 Å². The van der Waals surface area contributed by atoms with Gasteiger partial charge >= 0.3 is 0 Å². The number of nitrogens with one attached hydrogen (secondary N) is 1. The molecule has 1 atom stereocenters. The molecule has 0 aliphatic rings. The van der Waals surface area contributed by atoms with E-state index >= 15 is 0 Å². The van der Waals surface area contributed by atoms with E-state index in [-0.39, 0.29) is 6.61 Å². The highest BCUT2D eigenvalue weighted by Crippen LogP contribution is 2.28. The molecule has 0 amide bonds. The molecule has 0 aliphatic carbocycles. The highest BCUT2D eigenvalue weighted by Gasteiger charge is 2.12. The molecule has 0 fully saturated rings. The Labute approximate surface area is 184 Å². The number of pyridine rings is 1. The Balaban J connectivity index is 1.49. The number of hydrogen-bond acceptors (Lipinski definition) is 6. The van der Waals surface area contributed by atoms with Crippen LogP contribution in [0.3, 0.4) is 0 Å². The number of rotatable bonds is 12. The lowest BCUT2D eigenvalue weighted by molar-refractivity contribution is 0.0732. The maximum Gasteiger partial charge on any atom is 0.161 e. The van der Waals surface area contributed by atoms with Gasteiger partial charge in [0, 0.05) is 38.6 Å². The van der Waals surface area contributed by atoms with Gasteiger partial charge in [0.1, 0.15) is 12.7 Å². The Morgan fingerprint density at radius 2 is 1.68 bits per heavy atom. The zero-order valence-corrected chi connectivity index (χ0v) is 18.2. The molecular weight excluding hydrogens is 390 g/mol. The fraction of sp³-hybridized carbons (Fsp3) is 0.320. The minimum absolute atomic E-state index is 0.198. The van der Waals surface area contributed by atoms with E-state index in [2.05, 4.69) is 27.3 Å². The van der Waals surface area contributed by atoms with E-state index in [1.165, 1.54) is 11.1 Å². The average molecular weight is 422 g/mol. The van der Waals surface area contributed by atoms with Gasteiger partial charge in [-0.15, -0.1) is 0 Å². The van der Waals surface area contributed by atoms with Crippen molar-refractivity contribution in [3.8, 4) is 11.5 Å². The number of hydrogen-bond donors (Lipinski definition) is 2. The summed E-state index contributed by atoms with van der Waals surface area (Å²) in [6.07, 6.45) is 2.98. The number of nitrogens with zero attached hydrogens (tertiary/aromatic N) is 2. The van der Waals surface area contributed by atoms with Gasteiger partial charge in [0.15, 0.2) is 11.5 Å². The third-order valence-corrected chi connectivity index (χ3v) is 4.88. The predicted octanol–water partition coefficient (Wildman–Crippen LogP) is 3.25. The molecule has 3 aromatic rings. The molecule has 0 unspecified atom stereocenters. The molecule has 1 heterocycles. The number of ether oxygens (including phenoxy) is 2. The smallest absolute Gasteiger partial charge is 0.161 e. The molecule has 0 spiro atoms. The van der Waals surface area contributed by atoms with Gasteiger partial charge in [-0.05, 0) is 48.0 Å². The quantitative estimate of drug-likeness (QED) is 0.468. The molecule has 0 radical (unpaired) electrons. The van der Waals surface area contributed by atoms with Gasteiger partial charge in [0.05, 0.1) is 7.11 Å². The average Bonchev–Trinajstić information content (AvgIpc) is 2.79. The summed E-state index contributed by atoms with van der Waals surface area (Å²) in [6.45, 7) is 2.95. The zero-order chi connectivity index (χ0) is 21.9. The lowest BCUT2D eigenvalue weighted by atomic mass is 10.2. The predicted molar refractivity (Wildman–Crippen MR) is 122 cm³/mol. The molecule has 164 valence electrons. The van der Waals surface area contributed by atoms with E-state index in [9.17, 15) is 5.11 Å². The second-order valence-electron chi connectivity index (χ2n) is 7.59. The van der Waals surface area contributed by atoms with Crippen molar-refractivity contribution in [2.24, 2.45) is 0 Å². The number of benzene rings is 2. The third-order valence-electron chi connectivity index (χ3n) is 4.88. The monoisotopic (exact) mass is 421 g/mol. The van der Waals surface area contributed by atoms with E-state index in [1.807, 2.05) is 55.6 Å². The number of likely N-dealkylation sites (N-methyl/N-ethyl adjacent to an activating group) is 1. The first-order valence-corrected chi connectivity index (χ1v) is 10.4. The van der Waals surface area contributed by atoms with Gasteiger partial charge < -0.3 is 19.9 Å². The second-order valence-corrected chi connectivity index (χ2v) is 7.59. The van der Waals surface area contributed by atoms with Crippen LogP contribution in [0.4, 0.5) is 0 Å². The van der Waals surface area contributed by atoms with Gasteiger partial charge in [0.25, 0.3) is 0 Å². The summed E-state index contributed by atoms with van der Waals surface area (Å²) in [7, 11) is 3.61. The van der Waals surface area contributed by atoms with Crippen LogP contribution in [-0.2, 0) is 19.6 Å². The summed E-state index contributed by atoms with van der Waals surface area (Å²) in [6, 6.07) is 20.1. The fourth-order valence-electron chi connectivity index (χ4n) is 3.35. The molecule has 2 N–H and O–H groups in total. The SMILES string of the molecule is COc1ccc(CNCc2ccncc2)cc1OC[C@H](O)CN(C)Cc1ccccc1. The van der Waals surface area contributed by atoms with Crippen molar-refractivity contribution in [3.63, 3.8) is 0 Å². The first kappa shape index (κ1) is 22.7. The first-order chi connectivity index (χ1) is 15.1. The van der Waals surface area contributed by atoms with Crippen molar-refractivity contribution < 1.29 is 14.6 Å². The Morgan fingerprint density at radius 3 is 2.42 bits per heavy atom. The molecule has 1 aromatic heterocycles. The van der Waals surface area contributed by atoms with Gasteiger partial charge in [-0.3, -0.25) is 9.88 Å². The summed E-state index contributed by atoms with van der Waals surface area (Å²) in [5, 5.41) is 13.9. The highest BCUT2D eigenvalue weighted by atomic mass is 16.5. The number of aliphatic hydroxyl groups is 1. The Hall–Kier alpha value is -2.93. The largest absolute Gasteiger partial charge is 0.493 e. The van der Waals surface area contributed by atoms with E-state index in [4.69, 9.17) is 9.47 Å². The summed E-state index contributed by atoms with van der Waals surface area (Å²) in [5.74, 6) is 1.29. The molecule has 0 saturated carbocycles. The van der Waals surface area contributed by atoms with Crippen LogP contribution >= 0.6 is 0 Å². The summed E-state index contributed by atoms with van der Waals surface area (Å²) < 4.78 is 11.3. The Bertz CT molecular complexity index is 906. The number of methoxy groups -OCH3 is 1. The highest BCUT2D eigenvalue weighted by molar-refractivity contribution is 5.43. The number of aliphatic hydroxyl groups excluding tert-OH is 1. The van der Waals surface area contributed by atoms with Crippen molar-refractivity contribution in [2.75, 3.05) is 27.3 Å². The fourth-order valence-corrected chi connectivity index (χ4v) is 3.35. The maximum atomic E-state index is 10.4. The van der Waals surface area contributed by atoms with Gasteiger partial charge in [0.2, 0.25) is 0 Å². The zero-order valence-electron chi connectivity index (χ0n) is 18.2. The van der Waals surface area contributed by atoms with Crippen LogP contribution in [-0.4, -0.2) is 48.4 Å². The van der Waals surface area contributed by atoms with Crippen LogP contribution in [0.15, 0.2) is 73.1 Å². The lowest BCUT2D eigenvalue weighted by Gasteiger charge is -2.21. The summed E-state index contributed by atoms with van der Waals surface area (Å²) >= 11 is 0. The van der Waals surface area contributed by atoms with E-state index < -0.39 is 6.10 Å². The van der Waals surface area contributed by atoms with E-state index in [0.29, 0.717) is 24.6 Å². The van der Waals surface area contributed by atoms with Crippen molar-refractivity contribution in [2.45, 2.75) is 25.7 Å². The molecule has 3 rings (SSSR count). The van der Waals surface area contributed by atoms with E-state index in [1.54, 1.807) is 19.5 Å². The minimum atomic E-state index is -0.605. The van der Waals surface area contributed by atoms with Crippen molar-refractivity contribution in [1.82, 2.24) is 15.2 Å². The van der Waals surface area contributed by atoms with Crippen LogP contribution in [0.25, 0.3) is 0 Å². The van der Waals surface area contributed by atoms with Crippen molar-refractivity contribution >= 4 is 0 Å². The molecule has 0 saturated heterocycles. The van der Waals surface area contributed by atoms with Crippen LogP contribution < -0.4 is 14.8 Å². The van der Waals surface area contributed by atoms with Crippen molar-refractivity contribution in [3.05, 3.63) is 89.7 Å². The normalized spacial score (nSPS) is 12.0. The topological polar surface area (TPSA) is 66.8 Å². The molecular formula is C25H31N3O3. The molecule has 2 aromatic carbocycles. The molecule has 31 heavy (non-hydrogen) atoms. The third kappa shape index (κ3) is 7.68. The van der Waals surface area contributed by atoms with Gasteiger partial charge in [-0.25, -0.2) is 0 Å². The molecule has 0 aliphatic heterocycles. The van der Waals surface area contributed by atoms with Crippen molar-refractivity contribution in [1.29, 1.82) is 0 Å². The van der Waals surface area contributed by atoms with Gasteiger partial charge in [-0.1, -0.05) is 36.4 Å². The lowest BCUT2D eigenvalue weighted by Crippen LogP contribution is -2.32. The van der Waals surface area contributed by atoms with Crippen LogP contribution in [0.2, 0.25) is 0 Å². The molecule has 6 heteroatoms. The minimum Gasteiger partial charge on any atom is -0.493 e. The molecule has 0 bridgehead atoms. The molecule has 6 nitrogen and oxygen atoms in total.